The maximum Gasteiger partial charge on any atom is 0.0761 e. The van der Waals surface area contributed by atoms with Crippen molar-refractivity contribution in [3.05, 3.63) is 35.4 Å². The van der Waals surface area contributed by atoms with Crippen molar-refractivity contribution in [2.24, 2.45) is 0 Å². The van der Waals surface area contributed by atoms with Crippen LogP contribution in [0, 0.1) is 0 Å². The van der Waals surface area contributed by atoms with Gasteiger partial charge in [-0.1, -0.05) is 38.1 Å². The summed E-state index contributed by atoms with van der Waals surface area (Å²) in [6.45, 7) is 6.20. The van der Waals surface area contributed by atoms with Gasteiger partial charge in [0.1, 0.15) is 0 Å². The summed E-state index contributed by atoms with van der Waals surface area (Å²) in [4.78, 5) is 0. The molecule has 0 spiro atoms. The molecule has 0 aliphatic carbocycles. The lowest BCUT2D eigenvalue weighted by atomic mass is 9.97. The van der Waals surface area contributed by atoms with Crippen molar-refractivity contribution in [1.29, 1.82) is 0 Å². The summed E-state index contributed by atoms with van der Waals surface area (Å²) in [6.07, 6.45) is 0.805. The molecule has 0 aromatic heterocycles. The van der Waals surface area contributed by atoms with E-state index in [1.54, 1.807) is 6.92 Å². The van der Waals surface area contributed by atoms with E-state index < -0.39 is 0 Å². The summed E-state index contributed by atoms with van der Waals surface area (Å²) in [5.74, 6) is 0.614. The molecule has 1 aromatic carbocycles. The van der Waals surface area contributed by atoms with Gasteiger partial charge < -0.3 is 5.11 Å². The first kappa shape index (κ1) is 10.3. The van der Waals surface area contributed by atoms with Crippen LogP contribution in [0.5, 0.6) is 0 Å². The van der Waals surface area contributed by atoms with Crippen LogP contribution in [0.3, 0.4) is 0 Å². The molecule has 1 nitrogen and oxygen atoms in total. The Kier molecular flexibility index (Phi) is 3.49. The molecule has 1 aromatic rings. The number of aliphatic hydroxyl groups excluding tert-OH is 1. The van der Waals surface area contributed by atoms with Gasteiger partial charge in [0.2, 0.25) is 0 Å². The molecule has 13 heavy (non-hydrogen) atoms. The van der Waals surface area contributed by atoms with Crippen LogP contribution < -0.4 is 0 Å². The maximum atomic E-state index is 9.31. The molecule has 2 atom stereocenters. The normalized spacial score (nSPS) is 15.4. The highest BCUT2D eigenvalue weighted by molar-refractivity contribution is 5.25. The van der Waals surface area contributed by atoms with Gasteiger partial charge in [0, 0.05) is 0 Å². The first-order valence-electron chi connectivity index (χ1n) is 4.93. The molecular formula is C12H18O. The lowest BCUT2D eigenvalue weighted by molar-refractivity contribution is 0.199. The Labute approximate surface area is 80.4 Å². The van der Waals surface area contributed by atoms with Gasteiger partial charge in [-0.15, -0.1) is 0 Å². The van der Waals surface area contributed by atoms with Crippen LogP contribution in [-0.4, -0.2) is 5.11 Å². The Morgan fingerprint density at radius 2 is 1.54 bits per heavy atom. The molecule has 2 unspecified atom stereocenters. The van der Waals surface area contributed by atoms with Gasteiger partial charge in [-0.05, 0) is 30.4 Å². The van der Waals surface area contributed by atoms with E-state index >= 15 is 0 Å². The van der Waals surface area contributed by atoms with Crippen molar-refractivity contribution < 1.29 is 5.11 Å². The summed E-state index contributed by atoms with van der Waals surface area (Å²) in [5, 5.41) is 9.31. The molecule has 0 amide bonds. The van der Waals surface area contributed by atoms with Gasteiger partial charge in [0.05, 0.1) is 6.10 Å². The fourth-order valence-electron chi connectivity index (χ4n) is 1.34. The Hall–Kier alpha value is -0.820. The number of hydrogen-bond donors (Lipinski definition) is 1. The largest absolute Gasteiger partial charge is 0.389 e. The zero-order valence-electron chi connectivity index (χ0n) is 8.62. The van der Waals surface area contributed by atoms with E-state index in [-0.39, 0.29) is 6.10 Å². The number of benzene rings is 1. The maximum absolute atomic E-state index is 9.31. The van der Waals surface area contributed by atoms with E-state index in [2.05, 4.69) is 26.0 Å². The minimum atomic E-state index is -0.356. The monoisotopic (exact) mass is 178 g/mol. The Morgan fingerprint density at radius 3 is 1.92 bits per heavy atom. The molecule has 0 saturated heterocycles. The highest BCUT2D eigenvalue weighted by atomic mass is 16.3. The van der Waals surface area contributed by atoms with Crippen LogP contribution in [0.15, 0.2) is 24.3 Å². The van der Waals surface area contributed by atoms with E-state index in [0.29, 0.717) is 5.92 Å². The van der Waals surface area contributed by atoms with E-state index in [9.17, 15) is 5.11 Å². The van der Waals surface area contributed by atoms with E-state index in [1.165, 1.54) is 5.56 Å². The highest BCUT2D eigenvalue weighted by Crippen LogP contribution is 2.20. The van der Waals surface area contributed by atoms with Gasteiger partial charge in [-0.25, -0.2) is 0 Å². The number of aliphatic hydroxyl groups is 1. The van der Waals surface area contributed by atoms with Crippen molar-refractivity contribution >= 4 is 0 Å². The molecular weight excluding hydrogens is 160 g/mol. The van der Waals surface area contributed by atoms with Crippen molar-refractivity contribution in [3.63, 3.8) is 0 Å². The lowest BCUT2D eigenvalue weighted by Crippen LogP contribution is -1.94. The van der Waals surface area contributed by atoms with Crippen LogP contribution in [0.2, 0.25) is 0 Å². The fourth-order valence-corrected chi connectivity index (χ4v) is 1.34. The van der Waals surface area contributed by atoms with Crippen LogP contribution in [0.4, 0.5) is 0 Å². The molecule has 0 radical (unpaired) electrons. The second kappa shape index (κ2) is 4.43. The van der Waals surface area contributed by atoms with E-state index in [4.69, 9.17) is 0 Å². The fraction of sp³-hybridized carbons (Fsp3) is 0.500. The van der Waals surface area contributed by atoms with Crippen molar-refractivity contribution in [2.75, 3.05) is 0 Å². The first-order chi connectivity index (χ1) is 6.15. The third-order valence-electron chi connectivity index (χ3n) is 2.60. The number of rotatable bonds is 3. The number of hydrogen-bond acceptors (Lipinski definition) is 1. The molecule has 0 saturated carbocycles. The van der Waals surface area contributed by atoms with Crippen LogP contribution in [0.25, 0.3) is 0 Å². The summed E-state index contributed by atoms with van der Waals surface area (Å²) in [5.41, 5.74) is 2.35. The lowest BCUT2D eigenvalue weighted by Gasteiger charge is -2.10. The zero-order valence-corrected chi connectivity index (χ0v) is 8.62. The van der Waals surface area contributed by atoms with Gasteiger partial charge in [-0.3, -0.25) is 0 Å². The summed E-state index contributed by atoms with van der Waals surface area (Å²) >= 11 is 0. The third kappa shape index (κ3) is 2.56. The average molecular weight is 178 g/mol. The Morgan fingerprint density at radius 1 is 1.08 bits per heavy atom. The van der Waals surface area contributed by atoms with Crippen molar-refractivity contribution in [1.82, 2.24) is 0 Å². The molecule has 1 heteroatoms. The summed E-state index contributed by atoms with van der Waals surface area (Å²) in [6, 6.07) is 8.23. The molecule has 0 heterocycles. The summed E-state index contributed by atoms with van der Waals surface area (Å²) < 4.78 is 0. The van der Waals surface area contributed by atoms with Gasteiger partial charge >= 0.3 is 0 Å². The topological polar surface area (TPSA) is 20.2 Å². The molecule has 72 valence electrons. The van der Waals surface area contributed by atoms with E-state index in [1.807, 2.05) is 12.1 Å². The minimum Gasteiger partial charge on any atom is -0.389 e. The highest BCUT2D eigenvalue weighted by Gasteiger charge is 2.04. The minimum absolute atomic E-state index is 0.356. The van der Waals surface area contributed by atoms with Gasteiger partial charge in [0.15, 0.2) is 0 Å². The van der Waals surface area contributed by atoms with Gasteiger partial charge in [0.25, 0.3) is 0 Å². The second-order valence-electron chi connectivity index (χ2n) is 3.65. The average Bonchev–Trinajstić information content (AvgIpc) is 2.17. The quantitative estimate of drug-likeness (QED) is 0.753. The smallest absolute Gasteiger partial charge is 0.0761 e. The van der Waals surface area contributed by atoms with E-state index in [0.717, 1.165) is 12.0 Å². The molecule has 1 rings (SSSR count). The van der Waals surface area contributed by atoms with Crippen LogP contribution in [0.1, 0.15) is 50.3 Å². The predicted octanol–water partition coefficient (Wildman–Crippen LogP) is 3.25. The van der Waals surface area contributed by atoms with Crippen LogP contribution in [-0.2, 0) is 0 Å². The zero-order chi connectivity index (χ0) is 9.84. The predicted molar refractivity (Wildman–Crippen MR) is 55.8 cm³/mol. The second-order valence-corrected chi connectivity index (χ2v) is 3.65. The van der Waals surface area contributed by atoms with Crippen molar-refractivity contribution in [3.8, 4) is 0 Å². The molecule has 1 N–H and O–H groups in total. The first-order valence-corrected chi connectivity index (χ1v) is 4.93. The Bertz CT molecular complexity index is 248. The molecule has 0 bridgehead atoms. The standard InChI is InChI=1S/C12H18O/c1-4-9(2)11-5-7-12(8-6-11)10(3)13/h5-10,13H,4H2,1-3H3. The molecule has 0 aliphatic heterocycles. The molecule has 0 aliphatic rings. The summed E-state index contributed by atoms with van der Waals surface area (Å²) in [7, 11) is 0. The third-order valence-corrected chi connectivity index (χ3v) is 2.60. The Balaban J connectivity index is 2.81. The van der Waals surface area contributed by atoms with Crippen molar-refractivity contribution in [2.45, 2.75) is 39.2 Å². The van der Waals surface area contributed by atoms with Gasteiger partial charge in [-0.2, -0.15) is 0 Å². The SMILES string of the molecule is CCC(C)c1ccc(C(C)O)cc1. The van der Waals surface area contributed by atoms with Crippen LogP contribution >= 0.6 is 0 Å². The molecule has 0 fully saturated rings.